The van der Waals surface area contributed by atoms with Gasteiger partial charge in [0.05, 0.1) is 6.10 Å². The molecule has 1 heterocycles. The van der Waals surface area contributed by atoms with Crippen molar-refractivity contribution in [3.8, 4) is 0 Å². The molecule has 0 aromatic carbocycles. The van der Waals surface area contributed by atoms with E-state index in [0.29, 0.717) is 6.54 Å². The molecule has 1 aromatic heterocycles. The van der Waals surface area contributed by atoms with Gasteiger partial charge in [-0.05, 0) is 19.1 Å². The number of aliphatic hydroxyl groups is 1. The van der Waals surface area contributed by atoms with Crippen molar-refractivity contribution < 1.29 is 9.50 Å². The lowest BCUT2D eigenvalue weighted by Gasteiger charge is -2.19. The lowest BCUT2D eigenvalue weighted by Crippen LogP contribution is -2.28. The fourth-order valence-electron chi connectivity index (χ4n) is 1.14. The largest absolute Gasteiger partial charge is 0.392 e. The molecule has 0 amide bonds. The molecule has 1 N–H and O–H groups in total. The van der Waals surface area contributed by atoms with Gasteiger partial charge in [-0.15, -0.1) is 0 Å². The molecule has 0 saturated heterocycles. The summed E-state index contributed by atoms with van der Waals surface area (Å²) in [7, 11) is 1.69. The van der Waals surface area contributed by atoms with E-state index in [4.69, 9.17) is 5.11 Å². The van der Waals surface area contributed by atoms with Gasteiger partial charge in [0.1, 0.15) is 0 Å². The third kappa shape index (κ3) is 2.66. The van der Waals surface area contributed by atoms with Crippen molar-refractivity contribution in [1.82, 2.24) is 4.98 Å². The molecule has 13 heavy (non-hydrogen) atoms. The number of aromatic nitrogens is 1. The fraction of sp³-hybridized carbons (Fsp3) is 0.444. The first-order valence-electron chi connectivity index (χ1n) is 4.11. The van der Waals surface area contributed by atoms with Gasteiger partial charge in [0, 0.05) is 19.8 Å². The van der Waals surface area contributed by atoms with Crippen LogP contribution in [-0.2, 0) is 0 Å². The molecular weight excluding hydrogens is 171 g/mol. The summed E-state index contributed by atoms with van der Waals surface area (Å²) in [6.07, 6.45) is 1.03. The summed E-state index contributed by atoms with van der Waals surface area (Å²) in [6, 6.07) is 2.88. The fourth-order valence-corrected chi connectivity index (χ4v) is 1.14. The monoisotopic (exact) mass is 184 g/mol. The average Bonchev–Trinajstić information content (AvgIpc) is 2.03. The summed E-state index contributed by atoms with van der Waals surface area (Å²) < 4.78 is 13.1. The van der Waals surface area contributed by atoms with Crippen LogP contribution in [0, 0.1) is 5.82 Å². The van der Waals surface area contributed by atoms with Crippen LogP contribution >= 0.6 is 0 Å². The van der Waals surface area contributed by atoms with Crippen LogP contribution in [0.1, 0.15) is 6.92 Å². The molecule has 0 bridgehead atoms. The van der Waals surface area contributed by atoms with Crippen LogP contribution in [0.4, 0.5) is 10.2 Å². The van der Waals surface area contributed by atoms with Gasteiger partial charge >= 0.3 is 0 Å². The van der Waals surface area contributed by atoms with E-state index in [1.165, 1.54) is 18.3 Å². The third-order valence-electron chi connectivity index (χ3n) is 1.64. The van der Waals surface area contributed by atoms with Gasteiger partial charge in [-0.25, -0.2) is 9.37 Å². The first kappa shape index (κ1) is 9.92. The number of rotatable bonds is 3. The van der Waals surface area contributed by atoms with Crippen molar-refractivity contribution in [3.05, 3.63) is 24.1 Å². The van der Waals surface area contributed by atoms with E-state index in [-0.39, 0.29) is 11.6 Å². The van der Waals surface area contributed by atoms with Gasteiger partial charge in [-0.3, -0.25) is 0 Å². The molecule has 72 valence electrons. The number of pyridine rings is 1. The highest BCUT2D eigenvalue weighted by atomic mass is 19.1. The zero-order valence-electron chi connectivity index (χ0n) is 7.74. The molecule has 0 radical (unpaired) electrons. The standard InChI is InChI=1S/C9H13FN2O/c1-7(13)6-12(2)9-8(10)4-3-5-11-9/h3-5,7,13H,6H2,1-2H3/t7-/m0/s1. The molecule has 3 nitrogen and oxygen atoms in total. The van der Waals surface area contributed by atoms with Crippen molar-refractivity contribution in [2.24, 2.45) is 0 Å². The molecule has 0 fully saturated rings. The number of hydrogen-bond acceptors (Lipinski definition) is 3. The molecule has 0 saturated carbocycles. The van der Waals surface area contributed by atoms with Crippen LogP contribution in [0.15, 0.2) is 18.3 Å². The van der Waals surface area contributed by atoms with Crippen LogP contribution in [0.3, 0.4) is 0 Å². The normalized spacial score (nSPS) is 12.6. The third-order valence-corrected chi connectivity index (χ3v) is 1.64. The predicted molar refractivity (Wildman–Crippen MR) is 49.1 cm³/mol. The van der Waals surface area contributed by atoms with Crippen molar-refractivity contribution in [1.29, 1.82) is 0 Å². The summed E-state index contributed by atoms with van der Waals surface area (Å²) >= 11 is 0. The molecule has 1 aromatic rings. The van der Waals surface area contributed by atoms with Gasteiger partial charge in [0.2, 0.25) is 0 Å². The lowest BCUT2D eigenvalue weighted by atomic mass is 10.3. The smallest absolute Gasteiger partial charge is 0.165 e. The van der Waals surface area contributed by atoms with E-state index in [9.17, 15) is 4.39 Å². The van der Waals surface area contributed by atoms with Crippen LogP contribution in [0.2, 0.25) is 0 Å². The molecule has 1 atom stereocenters. The second-order valence-corrected chi connectivity index (χ2v) is 3.04. The van der Waals surface area contributed by atoms with E-state index >= 15 is 0 Å². The van der Waals surface area contributed by atoms with Crippen molar-refractivity contribution >= 4 is 5.82 Å². The molecule has 0 aliphatic carbocycles. The lowest BCUT2D eigenvalue weighted by molar-refractivity contribution is 0.201. The summed E-state index contributed by atoms with van der Waals surface area (Å²) in [5.74, 6) is -0.103. The van der Waals surface area contributed by atoms with Crippen molar-refractivity contribution in [3.63, 3.8) is 0 Å². The Bertz CT molecular complexity index is 278. The summed E-state index contributed by atoms with van der Waals surface area (Å²) in [5, 5.41) is 9.08. The van der Waals surface area contributed by atoms with Gasteiger partial charge in [0.15, 0.2) is 11.6 Å². The SMILES string of the molecule is C[C@H](O)CN(C)c1ncccc1F. The first-order valence-corrected chi connectivity index (χ1v) is 4.11. The molecule has 0 aliphatic heterocycles. The molecule has 0 unspecified atom stereocenters. The van der Waals surface area contributed by atoms with Gasteiger partial charge in [-0.2, -0.15) is 0 Å². The maximum atomic E-state index is 13.1. The second kappa shape index (κ2) is 4.18. The molecule has 0 spiro atoms. The highest BCUT2D eigenvalue weighted by Crippen LogP contribution is 2.13. The Morgan fingerprint density at radius 1 is 1.69 bits per heavy atom. The number of halogens is 1. The Kier molecular flexibility index (Phi) is 3.19. The van der Waals surface area contributed by atoms with Gasteiger partial charge in [-0.1, -0.05) is 0 Å². The van der Waals surface area contributed by atoms with Crippen LogP contribution < -0.4 is 4.90 Å². The average molecular weight is 184 g/mol. The minimum absolute atomic E-state index is 0.267. The van der Waals surface area contributed by atoms with Crippen molar-refractivity contribution in [2.45, 2.75) is 13.0 Å². The number of aliphatic hydroxyl groups excluding tert-OH is 1. The highest BCUT2D eigenvalue weighted by Gasteiger charge is 2.09. The number of likely N-dealkylation sites (N-methyl/N-ethyl adjacent to an activating group) is 1. The Labute approximate surface area is 76.8 Å². The van der Waals surface area contributed by atoms with E-state index in [0.717, 1.165) is 0 Å². The van der Waals surface area contributed by atoms with Crippen LogP contribution in [0.5, 0.6) is 0 Å². The first-order chi connectivity index (χ1) is 6.11. The summed E-state index contributed by atoms with van der Waals surface area (Å²) in [4.78, 5) is 5.45. The molecule has 0 aliphatic rings. The minimum Gasteiger partial charge on any atom is -0.392 e. The molecule has 1 rings (SSSR count). The number of nitrogens with zero attached hydrogens (tertiary/aromatic N) is 2. The Morgan fingerprint density at radius 2 is 2.38 bits per heavy atom. The van der Waals surface area contributed by atoms with Gasteiger partial charge < -0.3 is 10.0 Å². The Hall–Kier alpha value is -1.16. The summed E-state index contributed by atoms with van der Waals surface area (Å²) in [6.45, 7) is 2.02. The highest BCUT2D eigenvalue weighted by molar-refractivity contribution is 5.38. The zero-order valence-corrected chi connectivity index (χ0v) is 7.74. The van der Waals surface area contributed by atoms with E-state index in [1.807, 2.05) is 0 Å². The minimum atomic E-state index is -0.494. The summed E-state index contributed by atoms with van der Waals surface area (Å²) in [5.41, 5.74) is 0. The Balaban J connectivity index is 2.76. The van der Waals surface area contributed by atoms with Gasteiger partial charge in [0.25, 0.3) is 0 Å². The quantitative estimate of drug-likeness (QED) is 0.762. The van der Waals surface area contributed by atoms with Crippen molar-refractivity contribution in [2.75, 3.05) is 18.5 Å². The molecular formula is C9H13FN2O. The molecule has 4 heteroatoms. The maximum absolute atomic E-state index is 13.1. The number of hydrogen-bond donors (Lipinski definition) is 1. The zero-order chi connectivity index (χ0) is 9.84. The Morgan fingerprint density at radius 3 is 2.92 bits per heavy atom. The van der Waals surface area contributed by atoms with E-state index in [1.54, 1.807) is 18.9 Å². The maximum Gasteiger partial charge on any atom is 0.165 e. The second-order valence-electron chi connectivity index (χ2n) is 3.04. The number of anilines is 1. The van der Waals surface area contributed by atoms with E-state index < -0.39 is 6.10 Å². The van der Waals surface area contributed by atoms with E-state index in [2.05, 4.69) is 4.98 Å². The van der Waals surface area contributed by atoms with Crippen LogP contribution in [-0.4, -0.2) is 29.8 Å². The predicted octanol–water partition coefficient (Wildman–Crippen LogP) is 1.04. The van der Waals surface area contributed by atoms with Crippen LogP contribution in [0.25, 0.3) is 0 Å². The topological polar surface area (TPSA) is 36.4 Å².